The summed E-state index contributed by atoms with van der Waals surface area (Å²) in [6.07, 6.45) is 0. The second-order valence-electron chi connectivity index (χ2n) is 7.90. The lowest BCUT2D eigenvalue weighted by molar-refractivity contribution is 0.128. The Labute approximate surface area is 184 Å². The lowest BCUT2D eigenvalue weighted by Crippen LogP contribution is -2.45. The summed E-state index contributed by atoms with van der Waals surface area (Å²) in [5, 5.41) is 0.283. The van der Waals surface area contributed by atoms with E-state index in [4.69, 9.17) is 11.6 Å². The summed E-state index contributed by atoms with van der Waals surface area (Å²) in [6, 6.07) is 4.51. The number of aromatic nitrogens is 4. The van der Waals surface area contributed by atoms with Crippen molar-refractivity contribution < 1.29 is 4.39 Å². The zero-order valence-electron chi connectivity index (χ0n) is 17.9. The van der Waals surface area contributed by atoms with Crippen molar-refractivity contribution in [1.29, 1.82) is 0 Å². The molecule has 1 aromatic carbocycles. The normalized spacial score (nSPS) is 15.8. The molecule has 2 aromatic heterocycles. The summed E-state index contributed by atoms with van der Waals surface area (Å²) >= 11 is 6.27. The van der Waals surface area contributed by atoms with Crippen molar-refractivity contribution in [3.63, 3.8) is 0 Å². The molecule has 0 saturated carbocycles. The van der Waals surface area contributed by atoms with Crippen LogP contribution in [0.25, 0.3) is 11.2 Å². The number of nitrogens with zero attached hydrogens (tertiary/aromatic N) is 6. The highest BCUT2D eigenvalue weighted by Crippen LogP contribution is 2.23. The van der Waals surface area contributed by atoms with Crippen LogP contribution in [-0.2, 0) is 27.2 Å². The number of benzene rings is 1. The van der Waals surface area contributed by atoms with E-state index in [1.165, 1.54) is 17.7 Å². The molecule has 0 radical (unpaired) electrons. The van der Waals surface area contributed by atoms with Crippen molar-refractivity contribution in [2.45, 2.75) is 20.0 Å². The molecular weight excluding hydrogens is 423 g/mol. The zero-order chi connectivity index (χ0) is 22.3. The molecule has 3 aromatic rings. The summed E-state index contributed by atoms with van der Waals surface area (Å²) in [7, 11) is 3.02. The van der Waals surface area contributed by atoms with Gasteiger partial charge in [0.1, 0.15) is 11.6 Å². The third kappa shape index (κ3) is 3.93. The Balaban J connectivity index is 1.84. The predicted molar refractivity (Wildman–Crippen MR) is 118 cm³/mol. The van der Waals surface area contributed by atoms with Crippen LogP contribution >= 0.6 is 11.6 Å². The Kier molecular flexibility index (Phi) is 6.00. The molecule has 3 heterocycles. The van der Waals surface area contributed by atoms with E-state index >= 15 is 0 Å². The molecule has 10 heteroatoms. The van der Waals surface area contributed by atoms with Crippen molar-refractivity contribution >= 4 is 22.8 Å². The third-order valence-electron chi connectivity index (χ3n) is 6.08. The number of imidazole rings is 1. The number of hydrogen-bond acceptors (Lipinski definition) is 5. The van der Waals surface area contributed by atoms with Crippen LogP contribution in [0.5, 0.6) is 0 Å². The first-order chi connectivity index (χ1) is 14.8. The molecule has 31 heavy (non-hydrogen) atoms. The van der Waals surface area contributed by atoms with Gasteiger partial charge in [-0.25, -0.2) is 14.2 Å². The molecule has 4 rings (SSSR count). The predicted octanol–water partition coefficient (Wildman–Crippen LogP) is 1.41. The zero-order valence-corrected chi connectivity index (χ0v) is 18.7. The van der Waals surface area contributed by atoms with Crippen LogP contribution in [0.3, 0.4) is 0 Å². The number of halogens is 2. The van der Waals surface area contributed by atoms with Crippen LogP contribution in [0.1, 0.15) is 18.3 Å². The minimum absolute atomic E-state index is 0.0553. The second-order valence-corrected chi connectivity index (χ2v) is 8.31. The molecular formula is C21H26ClFN6O2. The van der Waals surface area contributed by atoms with Crippen LogP contribution in [0.4, 0.5) is 4.39 Å². The van der Waals surface area contributed by atoms with Gasteiger partial charge in [0.2, 0.25) is 0 Å². The van der Waals surface area contributed by atoms with Gasteiger partial charge in [0.15, 0.2) is 11.2 Å². The minimum Gasteiger partial charge on any atom is -0.316 e. The highest BCUT2D eigenvalue weighted by Gasteiger charge is 2.24. The van der Waals surface area contributed by atoms with E-state index in [0.29, 0.717) is 18.0 Å². The van der Waals surface area contributed by atoms with Gasteiger partial charge >= 0.3 is 5.69 Å². The maximum Gasteiger partial charge on any atom is 0.332 e. The van der Waals surface area contributed by atoms with Gasteiger partial charge in [-0.3, -0.25) is 18.8 Å². The Morgan fingerprint density at radius 3 is 2.35 bits per heavy atom. The quantitative estimate of drug-likeness (QED) is 0.590. The topological polar surface area (TPSA) is 68.3 Å². The van der Waals surface area contributed by atoms with Gasteiger partial charge in [0, 0.05) is 50.9 Å². The van der Waals surface area contributed by atoms with Crippen LogP contribution in [0.2, 0.25) is 5.02 Å². The van der Waals surface area contributed by atoms with Gasteiger partial charge in [0.05, 0.1) is 13.1 Å². The van der Waals surface area contributed by atoms with E-state index in [1.807, 2.05) is 0 Å². The highest BCUT2D eigenvalue weighted by molar-refractivity contribution is 6.31. The van der Waals surface area contributed by atoms with E-state index in [-0.39, 0.29) is 22.6 Å². The molecule has 1 aliphatic rings. The van der Waals surface area contributed by atoms with Gasteiger partial charge in [0.25, 0.3) is 5.56 Å². The van der Waals surface area contributed by atoms with Crippen molar-refractivity contribution in [3.8, 4) is 0 Å². The van der Waals surface area contributed by atoms with Gasteiger partial charge in [-0.15, -0.1) is 0 Å². The summed E-state index contributed by atoms with van der Waals surface area (Å²) in [6.45, 7) is 7.35. The van der Waals surface area contributed by atoms with Crippen LogP contribution < -0.4 is 11.2 Å². The van der Waals surface area contributed by atoms with Gasteiger partial charge in [-0.1, -0.05) is 24.6 Å². The van der Waals surface area contributed by atoms with E-state index in [2.05, 4.69) is 21.7 Å². The molecule has 0 amide bonds. The summed E-state index contributed by atoms with van der Waals surface area (Å²) in [4.78, 5) is 34.7. The van der Waals surface area contributed by atoms with Gasteiger partial charge in [-0.05, 0) is 18.7 Å². The maximum atomic E-state index is 14.6. The highest BCUT2D eigenvalue weighted by atomic mass is 35.5. The molecule has 0 bridgehead atoms. The first kappa shape index (κ1) is 21.7. The summed E-state index contributed by atoms with van der Waals surface area (Å²) < 4.78 is 18.7. The Bertz CT molecular complexity index is 1220. The molecule has 166 valence electrons. The van der Waals surface area contributed by atoms with Crippen molar-refractivity contribution in [3.05, 3.63) is 61.3 Å². The average molecular weight is 449 g/mol. The number of rotatable bonds is 5. The molecule has 8 nitrogen and oxygen atoms in total. The van der Waals surface area contributed by atoms with Crippen LogP contribution in [0.15, 0.2) is 27.8 Å². The smallest absolute Gasteiger partial charge is 0.316 e. The molecule has 0 spiro atoms. The molecule has 0 N–H and O–H groups in total. The number of piperazine rings is 1. The van der Waals surface area contributed by atoms with Crippen molar-refractivity contribution in [2.75, 3.05) is 32.7 Å². The number of hydrogen-bond donors (Lipinski definition) is 0. The maximum absolute atomic E-state index is 14.6. The SMILES string of the molecule is CCN1CCN(Cc2nc3c(c(=O)n(C)c(=O)n3C)n2Cc2c(F)cccc2Cl)CC1. The van der Waals surface area contributed by atoms with E-state index in [1.54, 1.807) is 23.7 Å². The first-order valence-corrected chi connectivity index (χ1v) is 10.7. The van der Waals surface area contributed by atoms with Crippen LogP contribution in [-0.4, -0.2) is 61.2 Å². The van der Waals surface area contributed by atoms with E-state index in [0.717, 1.165) is 37.3 Å². The standard InChI is InChI=1S/C21H26ClFN6O2/c1-4-27-8-10-28(11-9-27)13-17-24-19-18(20(30)26(3)21(31)25(19)2)29(17)12-14-15(22)6-5-7-16(14)23/h5-7H,4,8-13H2,1-3H3. The van der Waals surface area contributed by atoms with E-state index in [9.17, 15) is 14.0 Å². The van der Waals surface area contributed by atoms with Crippen molar-refractivity contribution in [1.82, 2.24) is 28.5 Å². The minimum atomic E-state index is -0.458. The lowest BCUT2D eigenvalue weighted by atomic mass is 10.2. The lowest BCUT2D eigenvalue weighted by Gasteiger charge is -2.33. The Hall–Kier alpha value is -2.49. The fraction of sp³-hybridized carbons (Fsp3) is 0.476. The molecule has 1 aliphatic heterocycles. The average Bonchev–Trinajstić information content (AvgIpc) is 3.12. The monoisotopic (exact) mass is 448 g/mol. The third-order valence-corrected chi connectivity index (χ3v) is 6.44. The number of aryl methyl sites for hydroxylation is 1. The second kappa shape index (κ2) is 8.57. The molecule has 0 unspecified atom stereocenters. The van der Waals surface area contributed by atoms with Crippen LogP contribution in [0, 0.1) is 5.82 Å². The Morgan fingerprint density at radius 1 is 1.03 bits per heavy atom. The molecule has 1 fully saturated rings. The first-order valence-electron chi connectivity index (χ1n) is 10.3. The summed E-state index contributed by atoms with van der Waals surface area (Å²) in [5.74, 6) is 0.163. The molecule has 1 saturated heterocycles. The van der Waals surface area contributed by atoms with E-state index < -0.39 is 17.1 Å². The van der Waals surface area contributed by atoms with Crippen molar-refractivity contribution in [2.24, 2.45) is 14.1 Å². The molecule has 0 aliphatic carbocycles. The number of likely N-dealkylation sites (N-methyl/N-ethyl adjacent to an activating group) is 1. The number of fused-ring (bicyclic) bond motifs is 1. The van der Waals surface area contributed by atoms with Gasteiger partial charge in [-0.2, -0.15) is 0 Å². The molecule has 0 atom stereocenters. The summed E-state index contributed by atoms with van der Waals surface area (Å²) in [5.41, 5.74) is -0.0559. The van der Waals surface area contributed by atoms with Gasteiger partial charge < -0.3 is 9.47 Å². The Morgan fingerprint density at radius 2 is 1.71 bits per heavy atom. The largest absolute Gasteiger partial charge is 0.332 e. The fourth-order valence-electron chi connectivity index (χ4n) is 4.09. The fourth-order valence-corrected chi connectivity index (χ4v) is 4.31.